The van der Waals surface area contributed by atoms with Gasteiger partial charge in [-0.1, -0.05) is 30.9 Å². The lowest BCUT2D eigenvalue weighted by Crippen LogP contribution is -2.48. The molecule has 2 heterocycles. The molecule has 2 nitrogen and oxygen atoms in total. The molecule has 130 valence electrons. The molecule has 0 amide bonds. The number of likely N-dealkylation sites (tertiary alicyclic amines) is 1. The monoisotopic (exact) mass is 317 g/mol. The van der Waals surface area contributed by atoms with Gasteiger partial charge < -0.3 is 9.64 Å². The summed E-state index contributed by atoms with van der Waals surface area (Å²) in [6.45, 7) is 7.37. The van der Waals surface area contributed by atoms with Crippen molar-refractivity contribution in [1.29, 1.82) is 0 Å². The van der Waals surface area contributed by atoms with E-state index < -0.39 is 0 Å². The minimum absolute atomic E-state index is 0.511. The van der Waals surface area contributed by atoms with Gasteiger partial charge in [0, 0.05) is 19.0 Å². The number of hydrogen-bond donors (Lipinski definition) is 0. The first kappa shape index (κ1) is 16.1. The molecular weight excluding hydrogens is 282 g/mol. The summed E-state index contributed by atoms with van der Waals surface area (Å²) in [5.41, 5.74) is 1.62. The third-order valence-electron chi connectivity index (χ3n) is 7.11. The highest BCUT2D eigenvalue weighted by atomic mass is 16.5. The van der Waals surface area contributed by atoms with Gasteiger partial charge in [0.05, 0.1) is 12.7 Å². The van der Waals surface area contributed by atoms with Crippen LogP contribution in [-0.4, -0.2) is 37.2 Å². The van der Waals surface area contributed by atoms with Crippen molar-refractivity contribution in [2.24, 2.45) is 23.7 Å². The first-order valence-electron chi connectivity index (χ1n) is 10.3. The molecule has 0 aromatic rings. The molecule has 1 unspecified atom stereocenters. The van der Waals surface area contributed by atoms with Crippen LogP contribution in [0.3, 0.4) is 0 Å². The highest BCUT2D eigenvalue weighted by Crippen LogP contribution is 2.41. The van der Waals surface area contributed by atoms with Crippen LogP contribution in [0.5, 0.6) is 0 Å². The average Bonchev–Trinajstić information content (AvgIpc) is 2.60. The van der Waals surface area contributed by atoms with Crippen molar-refractivity contribution in [1.82, 2.24) is 4.90 Å². The van der Waals surface area contributed by atoms with Crippen molar-refractivity contribution in [3.05, 3.63) is 11.6 Å². The second-order valence-corrected chi connectivity index (χ2v) is 8.86. The Morgan fingerprint density at radius 3 is 2.87 bits per heavy atom. The SMILES string of the molecule is CC1=CC[C@@H]2CO[C@@H](C3CCCN(CC4CCCCC4)C3)[C@@H]1C2. The van der Waals surface area contributed by atoms with Crippen molar-refractivity contribution in [3.63, 3.8) is 0 Å². The van der Waals surface area contributed by atoms with Gasteiger partial charge in [-0.3, -0.25) is 0 Å². The molecule has 23 heavy (non-hydrogen) atoms. The summed E-state index contributed by atoms with van der Waals surface area (Å²) in [4.78, 5) is 2.79. The zero-order valence-electron chi connectivity index (χ0n) is 15.0. The van der Waals surface area contributed by atoms with Crippen LogP contribution in [-0.2, 0) is 4.74 Å². The van der Waals surface area contributed by atoms with E-state index in [1.54, 1.807) is 5.57 Å². The predicted octanol–water partition coefficient (Wildman–Crippen LogP) is 4.65. The largest absolute Gasteiger partial charge is 0.377 e. The molecule has 2 aliphatic carbocycles. The minimum Gasteiger partial charge on any atom is -0.377 e. The summed E-state index contributed by atoms with van der Waals surface area (Å²) < 4.78 is 6.43. The smallest absolute Gasteiger partial charge is 0.0680 e. The van der Waals surface area contributed by atoms with E-state index in [-0.39, 0.29) is 0 Å². The Hall–Kier alpha value is -0.340. The van der Waals surface area contributed by atoms with Gasteiger partial charge in [-0.25, -0.2) is 0 Å². The Morgan fingerprint density at radius 2 is 2.00 bits per heavy atom. The number of allylic oxidation sites excluding steroid dienone is 1. The van der Waals surface area contributed by atoms with Crippen LogP contribution in [0.1, 0.15) is 64.7 Å². The fourth-order valence-electron chi connectivity index (χ4n) is 5.76. The summed E-state index contributed by atoms with van der Waals surface area (Å²) in [5, 5.41) is 0. The van der Waals surface area contributed by atoms with Gasteiger partial charge >= 0.3 is 0 Å². The zero-order valence-corrected chi connectivity index (χ0v) is 15.0. The van der Waals surface area contributed by atoms with Crippen molar-refractivity contribution in [3.8, 4) is 0 Å². The number of hydrogen-bond acceptors (Lipinski definition) is 2. The Kier molecular flexibility index (Phi) is 5.10. The molecular formula is C21H35NO. The lowest BCUT2D eigenvalue weighted by atomic mass is 9.72. The number of piperidine rings is 1. The maximum Gasteiger partial charge on any atom is 0.0680 e. The fraction of sp³-hybridized carbons (Fsp3) is 0.905. The van der Waals surface area contributed by atoms with E-state index in [0.717, 1.165) is 30.3 Å². The van der Waals surface area contributed by atoms with Crippen LogP contribution in [0, 0.1) is 23.7 Å². The van der Waals surface area contributed by atoms with Crippen LogP contribution in [0.4, 0.5) is 0 Å². The first-order valence-corrected chi connectivity index (χ1v) is 10.3. The number of ether oxygens (including phenoxy) is 1. The minimum atomic E-state index is 0.511. The van der Waals surface area contributed by atoms with E-state index >= 15 is 0 Å². The molecule has 2 heteroatoms. The maximum absolute atomic E-state index is 6.43. The maximum atomic E-state index is 6.43. The van der Waals surface area contributed by atoms with E-state index in [1.807, 2.05) is 0 Å². The fourth-order valence-corrected chi connectivity index (χ4v) is 5.76. The molecule has 0 aromatic heterocycles. The molecule has 4 aliphatic rings. The molecule has 0 N–H and O–H groups in total. The van der Waals surface area contributed by atoms with Gasteiger partial charge in [-0.05, 0) is 69.7 Å². The van der Waals surface area contributed by atoms with Crippen molar-refractivity contribution >= 4 is 0 Å². The third kappa shape index (κ3) is 3.69. The zero-order chi connectivity index (χ0) is 15.6. The first-order chi connectivity index (χ1) is 11.3. The van der Waals surface area contributed by atoms with E-state index in [1.165, 1.54) is 77.4 Å². The Bertz CT molecular complexity index is 426. The Labute approximate surface area is 142 Å². The van der Waals surface area contributed by atoms with Crippen LogP contribution >= 0.6 is 0 Å². The summed E-state index contributed by atoms with van der Waals surface area (Å²) in [5.74, 6) is 3.29. The van der Waals surface area contributed by atoms with Crippen LogP contribution in [0.15, 0.2) is 11.6 Å². The van der Waals surface area contributed by atoms with Crippen molar-refractivity contribution in [2.45, 2.75) is 70.8 Å². The van der Waals surface area contributed by atoms with Gasteiger partial charge in [-0.2, -0.15) is 0 Å². The molecule has 4 atom stereocenters. The molecule has 2 bridgehead atoms. The normalized spacial score (nSPS) is 40.0. The topological polar surface area (TPSA) is 12.5 Å². The van der Waals surface area contributed by atoms with E-state index in [2.05, 4.69) is 17.9 Å². The summed E-state index contributed by atoms with van der Waals surface area (Å²) in [6.07, 6.45) is 15.8. The van der Waals surface area contributed by atoms with E-state index in [0.29, 0.717) is 6.10 Å². The van der Waals surface area contributed by atoms with Crippen molar-refractivity contribution < 1.29 is 4.74 Å². The van der Waals surface area contributed by atoms with Crippen LogP contribution in [0.25, 0.3) is 0 Å². The second kappa shape index (κ2) is 7.27. The van der Waals surface area contributed by atoms with Gasteiger partial charge in [0.25, 0.3) is 0 Å². The summed E-state index contributed by atoms with van der Waals surface area (Å²) in [7, 11) is 0. The van der Waals surface area contributed by atoms with Crippen LogP contribution in [0.2, 0.25) is 0 Å². The Morgan fingerprint density at radius 1 is 1.13 bits per heavy atom. The van der Waals surface area contributed by atoms with Gasteiger partial charge in [-0.15, -0.1) is 0 Å². The highest BCUT2D eigenvalue weighted by Gasteiger charge is 2.40. The quantitative estimate of drug-likeness (QED) is 0.703. The highest BCUT2D eigenvalue weighted by molar-refractivity contribution is 5.13. The number of rotatable bonds is 3. The average molecular weight is 318 g/mol. The van der Waals surface area contributed by atoms with Gasteiger partial charge in [0.1, 0.15) is 0 Å². The van der Waals surface area contributed by atoms with Gasteiger partial charge in [0.2, 0.25) is 0 Å². The predicted molar refractivity (Wildman–Crippen MR) is 95.5 cm³/mol. The molecule has 0 spiro atoms. The lowest BCUT2D eigenvalue weighted by Gasteiger charge is -2.46. The van der Waals surface area contributed by atoms with E-state index in [4.69, 9.17) is 4.74 Å². The standard InChI is InChI=1S/C21H35NO/c1-16-9-10-18-12-20(16)21(23-15-18)19-8-5-11-22(14-19)13-17-6-3-2-4-7-17/h9,17-21H,2-8,10-15H2,1H3/t18-,19?,20+,21-/m0/s1. The molecule has 0 radical (unpaired) electrons. The molecule has 2 aliphatic heterocycles. The van der Waals surface area contributed by atoms with Crippen LogP contribution < -0.4 is 0 Å². The summed E-state index contributed by atoms with van der Waals surface area (Å²) >= 11 is 0. The second-order valence-electron chi connectivity index (χ2n) is 8.86. The lowest BCUT2D eigenvalue weighted by molar-refractivity contribution is -0.0929. The molecule has 4 rings (SSSR count). The summed E-state index contributed by atoms with van der Waals surface area (Å²) in [6, 6.07) is 0. The molecule has 3 fully saturated rings. The Balaban J connectivity index is 1.36. The van der Waals surface area contributed by atoms with Gasteiger partial charge in [0.15, 0.2) is 0 Å². The molecule has 1 saturated carbocycles. The van der Waals surface area contributed by atoms with Crippen molar-refractivity contribution in [2.75, 3.05) is 26.2 Å². The third-order valence-corrected chi connectivity index (χ3v) is 7.11. The number of fused-ring (bicyclic) bond motifs is 2. The molecule has 0 aromatic carbocycles. The van der Waals surface area contributed by atoms with E-state index in [9.17, 15) is 0 Å². The number of nitrogens with zero attached hydrogens (tertiary/aromatic N) is 1. The molecule has 2 saturated heterocycles.